The van der Waals surface area contributed by atoms with Gasteiger partial charge in [-0.25, -0.2) is 0 Å². The van der Waals surface area contributed by atoms with Gasteiger partial charge in [0.15, 0.2) is 12.6 Å². The molecule has 10 atom stereocenters. The lowest BCUT2D eigenvalue weighted by atomic mass is 9.85. The first-order valence-corrected chi connectivity index (χ1v) is 16.8. The van der Waals surface area contributed by atoms with E-state index in [1.54, 1.807) is 7.11 Å². The van der Waals surface area contributed by atoms with Gasteiger partial charge in [0.05, 0.1) is 33.0 Å². The van der Waals surface area contributed by atoms with E-state index in [1.165, 1.54) is 14.2 Å². The van der Waals surface area contributed by atoms with Gasteiger partial charge in [-0.2, -0.15) is 0 Å². The summed E-state index contributed by atoms with van der Waals surface area (Å²) < 4.78 is 56.7. The molecule has 2 N–H and O–H groups in total. The Morgan fingerprint density at radius 3 is 1.65 bits per heavy atom. The van der Waals surface area contributed by atoms with Crippen molar-refractivity contribution in [2.45, 2.75) is 94.1 Å². The molecular weight excluding hydrogens is 632 g/mol. The van der Waals surface area contributed by atoms with Crippen molar-refractivity contribution in [2.75, 3.05) is 34.5 Å². The smallest absolute Gasteiger partial charge is 0.187 e. The summed E-state index contributed by atoms with van der Waals surface area (Å²) in [5.41, 5.74) is 1.56. The van der Waals surface area contributed by atoms with Crippen molar-refractivity contribution in [1.82, 2.24) is 0 Å². The minimum absolute atomic E-state index is 0.121. The second-order valence-electron chi connectivity index (χ2n) is 12.3. The van der Waals surface area contributed by atoms with E-state index in [0.29, 0.717) is 6.61 Å². The molecule has 0 bridgehead atoms. The lowest BCUT2D eigenvalue weighted by Gasteiger charge is -2.52. The summed E-state index contributed by atoms with van der Waals surface area (Å²) in [6, 6.07) is 29.5. The third-order valence-corrected chi connectivity index (χ3v) is 9.28. The molecule has 3 aromatic rings. The SMILES string of the molecule is CCC1(CO)O[C@@H](O[C@@H]2C(COCc3ccccc3)O[C@H](OC)C(OCc3ccccc3)C2OCc2ccccc2)C(OC)[C@@H](OC)[C@@H]1O. The van der Waals surface area contributed by atoms with Gasteiger partial charge in [0.1, 0.15) is 48.3 Å². The number of ether oxygens (including phenoxy) is 9. The van der Waals surface area contributed by atoms with Crippen molar-refractivity contribution in [3.8, 4) is 0 Å². The first-order valence-electron chi connectivity index (χ1n) is 16.8. The molecule has 5 rings (SSSR count). The maximum absolute atomic E-state index is 11.3. The van der Waals surface area contributed by atoms with Crippen molar-refractivity contribution in [3.05, 3.63) is 108 Å². The van der Waals surface area contributed by atoms with Crippen LogP contribution in [0, 0.1) is 0 Å². The average Bonchev–Trinajstić information content (AvgIpc) is 3.15. The van der Waals surface area contributed by atoms with Crippen LogP contribution < -0.4 is 0 Å². The van der Waals surface area contributed by atoms with Crippen LogP contribution in [0.5, 0.6) is 0 Å². The molecule has 5 unspecified atom stereocenters. The Labute approximate surface area is 288 Å². The van der Waals surface area contributed by atoms with E-state index in [0.717, 1.165) is 16.7 Å². The molecule has 2 aliphatic rings. The van der Waals surface area contributed by atoms with Gasteiger partial charge in [0.25, 0.3) is 0 Å². The lowest BCUT2D eigenvalue weighted by molar-refractivity contribution is -0.386. The quantitative estimate of drug-likeness (QED) is 0.215. The average molecular weight is 683 g/mol. The number of hydrogen-bond donors (Lipinski definition) is 2. The normalized spacial score (nSPS) is 31.8. The summed E-state index contributed by atoms with van der Waals surface area (Å²) in [5, 5.41) is 21.8. The third kappa shape index (κ3) is 9.12. The molecule has 49 heavy (non-hydrogen) atoms. The van der Waals surface area contributed by atoms with E-state index in [4.69, 9.17) is 42.6 Å². The molecular formula is C38H50O11. The van der Waals surface area contributed by atoms with Crippen molar-refractivity contribution in [1.29, 1.82) is 0 Å². The molecule has 3 aromatic carbocycles. The molecule has 2 saturated heterocycles. The fraction of sp³-hybridized carbons (Fsp3) is 0.526. The molecule has 0 spiro atoms. The summed E-state index contributed by atoms with van der Waals surface area (Å²) in [6.45, 7) is 2.34. The Morgan fingerprint density at radius 2 is 1.16 bits per heavy atom. The molecule has 11 heteroatoms. The monoisotopic (exact) mass is 682 g/mol. The number of benzene rings is 3. The first-order chi connectivity index (χ1) is 24.0. The molecule has 268 valence electrons. The van der Waals surface area contributed by atoms with Crippen molar-refractivity contribution >= 4 is 0 Å². The Morgan fingerprint density at radius 1 is 0.633 bits per heavy atom. The molecule has 0 radical (unpaired) electrons. The summed E-state index contributed by atoms with van der Waals surface area (Å²) in [7, 11) is 4.54. The highest BCUT2D eigenvalue weighted by molar-refractivity contribution is 5.15. The summed E-state index contributed by atoms with van der Waals surface area (Å²) in [5.74, 6) is 0. The molecule has 2 fully saturated rings. The molecule has 2 aliphatic heterocycles. The fourth-order valence-corrected chi connectivity index (χ4v) is 6.44. The van der Waals surface area contributed by atoms with E-state index in [1.807, 2.05) is 97.9 Å². The van der Waals surface area contributed by atoms with Crippen LogP contribution in [0.1, 0.15) is 30.0 Å². The van der Waals surface area contributed by atoms with Crippen LogP contribution in [0.3, 0.4) is 0 Å². The number of aliphatic hydroxyl groups excluding tert-OH is 2. The summed E-state index contributed by atoms with van der Waals surface area (Å²) in [6.07, 6.45) is -7.64. The topological polar surface area (TPSA) is 124 Å². The van der Waals surface area contributed by atoms with Crippen LogP contribution in [0.2, 0.25) is 0 Å². The molecule has 0 aromatic heterocycles. The Bertz CT molecular complexity index is 1340. The van der Waals surface area contributed by atoms with Crippen molar-refractivity contribution < 1.29 is 52.8 Å². The highest BCUT2D eigenvalue weighted by atomic mass is 16.8. The van der Waals surface area contributed by atoms with Gasteiger partial charge in [-0.05, 0) is 23.1 Å². The van der Waals surface area contributed by atoms with Crippen molar-refractivity contribution in [3.63, 3.8) is 0 Å². The van der Waals surface area contributed by atoms with Gasteiger partial charge >= 0.3 is 0 Å². The van der Waals surface area contributed by atoms with E-state index < -0.39 is 67.5 Å². The Balaban J connectivity index is 1.50. The van der Waals surface area contributed by atoms with Crippen LogP contribution in [0.25, 0.3) is 0 Å². The number of aliphatic hydroxyl groups is 2. The van der Waals surface area contributed by atoms with Crippen LogP contribution in [0.15, 0.2) is 91.0 Å². The third-order valence-electron chi connectivity index (χ3n) is 9.28. The minimum atomic E-state index is -1.37. The van der Waals surface area contributed by atoms with Gasteiger partial charge < -0.3 is 52.8 Å². The largest absolute Gasteiger partial charge is 0.393 e. The number of hydrogen-bond acceptors (Lipinski definition) is 11. The lowest BCUT2D eigenvalue weighted by Crippen LogP contribution is -2.69. The molecule has 2 heterocycles. The van der Waals surface area contributed by atoms with E-state index >= 15 is 0 Å². The molecule has 0 aliphatic carbocycles. The maximum Gasteiger partial charge on any atom is 0.187 e. The first kappa shape index (κ1) is 37.5. The standard InChI is InChI=1S/C38H50O11/c1-5-38(25-39)35(40)32(41-2)33(42-3)37(49-38)48-30-29(24-44-21-26-15-9-6-10-16-26)47-36(43-4)34(46-23-28-19-13-8-14-20-28)31(30)45-22-27-17-11-7-12-18-27/h6-20,29-37,39-40H,5,21-25H2,1-4H3/t29?,30-,31?,32-,33?,34?,35+,36+,37-,38?/m1/s1. The van der Waals surface area contributed by atoms with Crippen LogP contribution >= 0.6 is 0 Å². The molecule has 0 amide bonds. The fourth-order valence-electron chi connectivity index (χ4n) is 6.44. The van der Waals surface area contributed by atoms with Gasteiger partial charge in [0.2, 0.25) is 0 Å². The predicted molar refractivity (Wildman–Crippen MR) is 179 cm³/mol. The summed E-state index contributed by atoms with van der Waals surface area (Å²) >= 11 is 0. The molecule has 11 nitrogen and oxygen atoms in total. The van der Waals surface area contributed by atoms with E-state index in [9.17, 15) is 10.2 Å². The Kier molecular flexibility index (Phi) is 14.1. The van der Waals surface area contributed by atoms with Gasteiger partial charge in [-0.3, -0.25) is 0 Å². The number of methoxy groups -OCH3 is 3. The molecule has 0 saturated carbocycles. The highest BCUT2D eigenvalue weighted by Crippen LogP contribution is 2.38. The zero-order valence-corrected chi connectivity index (χ0v) is 28.7. The highest BCUT2D eigenvalue weighted by Gasteiger charge is 2.57. The van der Waals surface area contributed by atoms with Crippen LogP contribution in [-0.2, 0) is 62.5 Å². The summed E-state index contributed by atoms with van der Waals surface area (Å²) in [4.78, 5) is 0. The van der Waals surface area contributed by atoms with Crippen molar-refractivity contribution in [2.24, 2.45) is 0 Å². The van der Waals surface area contributed by atoms with E-state index in [-0.39, 0.29) is 26.2 Å². The van der Waals surface area contributed by atoms with Gasteiger partial charge in [-0.15, -0.1) is 0 Å². The second-order valence-corrected chi connectivity index (χ2v) is 12.3. The zero-order chi connectivity index (χ0) is 34.6. The van der Waals surface area contributed by atoms with Crippen LogP contribution in [0.4, 0.5) is 0 Å². The number of rotatable bonds is 17. The Hall–Kier alpha value is -2.78. The minimum Gasteiger partial charge on any atom is -0.393 e. The zero-order valence-electron chi connectivity index (χ0n) is 28.7. The van der Waals surface area contributed by atoms with Crippen LogP contribution in [-0.4, -0.2) is 106 Å². The van der Waals surface area contributed by atoms with Gasteiger partial charge in [0, 0.05) is 21.3 Å². The van der Waals surface area contributed by atoms with Gasteiger partial charge in [-0.1, -0.05) is 97.9 Å². The van der Waals surface area contributed by atoms with E-state index in [2.05, 4.69) is 0 Å². The second kappa shape index (κ2) is 18.5. The predicted octanol–water partition coefficient (Wildman–Crippen LogP) is 4.02. The maximum atomic E-state index is 11.3.